The topological polar surface area (TPSA) is 74.6 Å². The predicted octanol–water partition coefficient (Wildman–Crippen LogP) is 0.617. The fourth-order valence-electron chi connectivity index (χ4n) is 0. The predicted molar refractivity (Wildman–Crippen MR) is 36.7 cm³/mol. The van der Waals surface area contributed by atoms with Crippen LogP contribution in [0.2, 0.25) is 0 Å². The minimum Gasteiger partial charge on any atom is -0.480 e. The average Bonchev–Trinajstić information content (AvgIpc) is 1.89. The van der Waals surface area contributed by atoms with E-state index in [1.165, 1.54) is 0 Å². The zero-order valence-electron chi connectivity index (χ0n) is 5.59. The van der Waals surface area contributed by atoms with Crippen LogP contribution in [0.15, 0.2) is 0 Å². The molecule has 0 amide bonds. The van der Waals surface area contributed by atoms with Crippen LogP contribution >= 0.6 is 23.2 Å². The minimum absolute atomic E-state index is 0. The third-order valence-electron chi connectivity index (χ3n) is 0.229. The van der Waals surface area contributed by atoms with E-state index in [1.807, 2.05) is 0 Å². The second-order valence-electron chi connectivity index (χ2n) is 1.05. The first-order chi connectivity index (χ1) is 4.54. The zero-order chi connectivity index (χ0) is 8.57. The number of hydrogen-bond donors (Lipinski definition) is 2. The Bertz CT molecular complexity index is 105. The Labute approximate surface area is 86.2 Å². The van der Waals surface area contributed by atoms with Gasteiger partial charge in [0.05, 0.1) is 0 Å². The summed E-state index contributed by atoms with van der Waals surface area (Å²) in [6.45, 7) is 0. The van der Waals surface area contributed by atoms with Crippen molar-refractivity contribution in [1.82, 2.24) is 0 Å². The molecule has 0 aliphatic heterocycles. The van der Waals surface area contributed by atoms with Gasteiger partial charge in [0.25, 0.3) is 0 Å². The summed E-state index contributed by atoms with van der Waals surface area (Å²) < 4.78 is 0. The maximum Gasteiger partial charge on any atom is 0.318 e. The molecule has 62 valence electrons. The molecule has 2 N–H and O–H groups in total. The molecule has 0 radical (unpaired) electrons. The number of carboxylic acid groups (broad SMARTS) is 2. The summed E-state index contributed by atoms with van der Waals surface area (Å²) in [6.07, 6.45) is 0. The summed E-state index contributed by atoms with van der Waals surface area (Å²) in [5, 5.41) is 15.2. The molecule has 0 fully saturated rings. The van der Waals surface area contributed by atoms with Crippen LogP contribution < -0.4 is 0 Å². The minimum atomic E-state index is -0.980. The van der Waals surface area contributed by atoms with Crippen LogP contribution in [0.5, 0.6) is 0 Å². The third kappa shape index (κ3) is 39.2. The van der Waals surface area contributed by atoms with Gasteiger partial charge in [-0.1, -0.05) is 0 Å². The molecule has 7 heteroatoms. The van der Waals surface area contributed by atoms with Crippen molar-refractivity contribution in [3.05, 3.63) is 0 Å². The van der Waals surface area contributed by atoms with E-state index in [4.69, 9.17) is 33.4 Å². The summed E-state index contributed by atoms with van der Waals surface area (Å²) in [7, 11) is 0. The Morgan fingerprint density at radius 1 is 1.00 bits per heavy atom. The monoisotopic (exact) mass is 252 g/mol. The molecule has 0 saturated heterocycles. The molecule has 0 aromatic carbocycles. The molecule has 0 aliphatic carbocycles. The SMILES string of the molecule is O=C(O)CCl.O=C(O)CCl.[Zn]. The van der Waals surface area contributed by atoms with Gasteiger partial charge >= 0.3 is 11.9 Å². The number of hydrogen-bond acceptors (Lipinski definition) is 2. The van der Waals surface area contributed by atoms with E-state index in [2.05, 4.69) is 0 Å². The maximum atomic E-state index is 9.24. The smallest absolute Gasteiger partial charge is 0.318 e. The summed E-state index contributed by atoms with van der Waals surface area (Å²) >= 11 is 9.47. The van der Waals surface area contributed by atoms with Gasteiger partial charge in [0, 0.05) is 19.5 Å². The van der Waals surface area contributed by atoms with E-state index in [0.717, 1.165) is 0 Å². The standard InChI is InChI=1S/2C2H3ClO2.Zn/c2*3-1-2(4)5;/h2*1H2,(H,4,5);. The molecule has 0 unspecified atom stereocenters. The van der Waals surface area contributed by atoms with E-state index in [1.54, 1.807) is 0 Å². The fraction of sp³-hybridized carbons (Fsp3) is 0.500. The second-order valence-corrected chi connectivity index (χ2v) is 1.59. The number of alkyl halides is 2. The molecule has 0 aromatic rings. The van der Waals surface area contributed by atoms with Gasteiger partial charge in [-0.05, 0) is 0 Å². The molecule has 0 rings (SSSR count). The number of halogens is 2. The number of aliphatic carboxylic acids is 2. The van der Waals surface area contributed by atoms with E-state index in [9.17, 15) is 9.59 Å². The summed E-state index contributed by atoms with van der Waals surface area (Å²) in [5.74, 6) is -2.57. The van der Waals surface area contributed by atoms with Gasteiger partial charge in [-0.25, -0.2) is 0 Å². The average molecular weight is 254 g/mol. The molecule has 0 saturated carbocycles. The van der Waals surface area contributed by atoms with Gasteiger partial charge in [0.1, 0.15) is 11.8 Å². The van der Waals surface area contributed by atoms with Crippen molar-refractivity contribution in [2.24, 2.45) is 0 Å². The maximum absolute atomic E-state index is 9.24. The van der Waals surface area contributed by atoms with E-state index >= 15 is 0 Å². The van der Waals surface area contributed by atoms with Crippen LogP contribution in [0.25, 0.3) is 0 Å². The molecule has 0 aromatic heterocycles. The van der Waals surface area contributed by atoms with Crippen LogP contribution in [-0.2, 0) is 29.1 Å². The van der Waals surface area contributed by atoms with Crippen LogP contribution in [0.3, 0.4) is 0 Å². The Morgan fingerprint density at radius 2 is 1.09 bits per heavy atom. The summed E-state index contributed by atoms with van der Waals surface area (Å²) in [6, 6.07) is 0. The molecule has 0 bridgehead atoms. The van der Waals surface area contributed by atoms with Gasteiger partial charge in [-0.2, -0.15) is 0 Å². The quantitative estimate of drug-likeness (QED) is 0.559. The second kappa shape index (κ2) is 12.8. The van der Waals surface area contributed by atoms with Gasteiger partial charge in [-0.15, -0.1) is 23.2 Å². The number of carboxylic acids is 2. The molecule has 0 atom stereocenters. The van der Waals surface area contributed by atoms with Gasteiger partial charge < -0.3 is 10.2 Å². The molecular weight excluding hydrogens is 248 g/mol. The van der Waals surface area contributed by atoms with Crippen molar-refractivity contribution >= 4 is 35.1 Å². The summed E-state index contributed by atoms with van der Waals surface area (Å²) in [5.41, 5.74) is 0. The third-order valence-corrected chi connectivity index (χ3v) is 0.686. The van der Waals surface area contributed by atoms with Crippen molar-refractivity contribution in [2.45, 2.75) is 0 Å². The number of carbonyl (C=O) groups is 2. The van der Waals surface area contributed by atoms with Crippen LogP contribution in [0.1, 0.15) is 0 Å². The molecule has 0 heterocycles. The van der Waals surface area contributed by atoms with Crippen molar-refractivity contribution in [1.29, 1.82) is 0 Å². The Morgan fingerprint density at radius 3 is 1.09 bits per heavy atom. The Hall–Kier alpha value is 0.143. The molecule has 11 heavy (non-hydrogen) atoms. The zero-order valence-corrected chi connectivity index (χ0v) is 10.1. The fourth-order valence-corrected chi connectivity index (χ4v) is 0. The van der Waals surface area contributed by atoms with Crippen molar-refractivity contribution in [3.63, 3.8) is 0 Å². The molecule has 0 aliphatic rings. The van der Waals surface area contributed by atoms with E-state index in [-0.39, 0.29) is 31.2 Å². The first-order valence-electron chi connectivity index (χ1n) is 2.10. The molecule has 0 spiro atoms. The van der Waals surface area contributed by atoms with Crippen molar-refractivity contribution in [2.75, 3.05) is 11.8 Å². The molecular formula is C4H6Cl2O4Zn. The summed E-state index contributed by atoms with van der Waals surface area (Å²) in [4.78, 5) is 18.5. The van der Waals surface area contributed by atoms with Crippen LogP contribution in [-0.4, -0.2) is 33.9 Å². The number of rotatable bonds is 2. The largest absolute Gasteiger partial charge is 0.480 e. The van der Waals surface area contributed by atoms with Gasteiger partial charge in [0.15, 0.2) is 0 Å². The molecule has 4 nitrogen and oxygen atoms in total. The van der Waals surface area contributed by atoms with Crippen molar-refractivity contribution < 1.29 is 39.3 Å². The first-order valence-corrected chi connectivity index (χ1v) is 3.17. The van der Waals surface area contributed by atoms with E-state index < -0.39 is 11.9 Å². The van der Waals surface area contributed by atoms with Crippen LogP contribution in [0, 0.1) is 0 Å². The van der Waals surface area contributed by atoms with E-state index in [0.29, 0.717) is 0 Å². The Balaban J connectivity index is -0.000000107. The van der Waals surface area contributed by atoms with Crippen molar-refractivity contribution in [3.8, 4) is 0 Å². The Kier molecular flexibility index (Phi) is 20.1. The first kappa shape index (κ1) is 17.3. The van der Waals surface area contributed by atoms with Gasteiger partial charge in [-0.3, -0.25) is 9.59 Å². The van der Waals surface area contributed by atoms with Crippen LogP contribution in [0.4, 0.5) is 0 Å². The normalized spacial score (nSPS) is 6.73. The van der Waals surface area contributed by atoms with Gasteiger partial charge in [0.2, 0.25) is 0 Å².